The Labute approximate surface area is 105 Å². The van der Waals surface area contributed by atoms with Gasteiger partial charge in [-0.3, -0.25) is 9.89 Å². The predicted molar refractivity (Wildman–Crippen MR) is 69.4 cm³/mol. The van der Waals surface area contributed by atoms with E-state index in [0.717, 1.165) is 29.3 Å². The number of hydrogen-bond donors (Lipinski definition) is 3. The first-order valence-electron chi connectivity index (χ1n) is 5.65. The number of aromatic amines is 1. The van der Waals surface area contributed by atoms with Crippen LogP contribution in [0.25, 0.3) is 0 Å². The number of hydrogen-bond acceptors (Lipinski definition) is 4. The van der Waals surface area contributed by atoms with Gasteiger partial charge in [-0.25, -0.2) is 0 Å². The summed E-state index contributed by atoms with van der Waals surface area (Å²) in [6, 6.07) is 0. The number of nitrogens with one attached hydrogen (secondary N) is 2. The maximum atomic E-state index is 11.8. The Morgan fingerprint density at radius 1 is 1.47 bits per heavy atom. The van der Waals surface area contributed by atoms with Crippen LogP contribution in [0.15, 0.2) is 0 Å². The number of carbonyl (C=O) groups excluding carboxylic acids is 1. The van der Waals surface area contributed by atoms with E-state index in [4.69, 9.17) is 5.11 Å². The van der Waals surface area contributed by atoms with Crippen LogP contribution in [0.3, 0.4) is 0 Å². The minimum Gasteiger partial charge on any atom is -0.396 e. The van der Waals surface area contributed by atoms with Gasteiger partial charge in [-0.1, -0.05) is 0 Å². The lowest BCUT2D eigenvalue weighted by Crippen LogP contribution is -2.26. The van der Waals surface area contributed by atoms with Gasteiger partial charge in [0.05, 0.1) is 11.3 Å². The molecule has 3 N–H and O–H groups in total. The summed E-state index contributed by atoms with van der Waals surface area (Å²) in [6.45, 7) is 4.52. The molecule has 0 atom stereocenters. The van der Waals surface area contributed by atoms with Gasteiger partial charge in [-0.15, -0.1) is 0 Å². The molecule has 96 valence electrons. The number of H-pyrrole nitrogens is 1. The highest BCUT2D eigenvalue weighted by Crippen LogP contribution is 2.08. The van der Waals surface area contributed by atoms with Crippen molar-refractivity contribution in [2.75, 3.05) is 24.7 Å². The highest BCUT2D eigenvalue weighted by atomic mass is 32.2. The van der Waals surface area contributed by atoms with Gasteiger partial charge in [0.25, 0.3) is 5.91 Å². The number of aromatic nitrogens is 2. The average molecular weight is 257 g/mol. The van der Waals surface area contributed by atoms with Gasteiger partial charge in [-0.05, 0) is 26.0 Å². The van der Waals surface area contributed by atoms with Crippen LogP contribution < -0.4 is 5.32 Å². The van der Waals surface area contributed by atoms with E-state index < -0.39 is 0 Å². The summed E-state index contributed by atoms with van der Waals surface area (Å²) >= 11 is 1.73. The van der Waals surface area contributed by atoms with E-state index in [1.807, 2.05) is 13.8 Å². The first-order valence-corrected chi connectivity index (χ1v) is 6.80. The molecule has 1 aromatic heterocycles. The van der Waals surface area contributed by atoms with E-state index in [1.54, 1.807) is 11.8 Å². The Kier molecular flexibility index (Phi) is 6.07. The molecule has 0 bridgehead atoms. The molecule has 0 aromatic carbocycles. The van der Waals surface area contributed by atoms with E-state index in [0.29, 0.717) is 12.1 Å². The van der Waals surface area contributed by atoms with E-state index in [2.05, 4.69) is 15.5 Å². The van der Waals surface area contributed by atoms with Crippen LogP contribution in [0.5, 0.6) is 0 Å². The SMILES string of the molecule is Cc1n[nH]c(C)c1C(=O)NCCSCCCO. The first kappa shape index (κ1) is 14.1. The van der Waals surface area contributed by atoms with Crippen LogP contribution in [0.2, 0.25) is 0 Å². The molecule has 0 unspecified atom stereocenters. The van der Waals surface area contributed by atoms with E-state index >= 15 is 0 Å². The fourth-order valence-electron chi connectivity index (χ4n) is 1.48. The van der Waals surface area contributed by atoms with Crippen LogP contribution >= 0.6 is 11.8 Å². The lowest BCUT2D eigenvalue weighted by atomic mass is 10.2. The molecule has 0 aliphatic carbocycles. The molecular formula is C11H19N3O2S. The molecule has 0 aliphatic rings. The lowest BCUT2D eigenvalue weighted by Gasteiger charge is -2.05. The minimum atomic E-state index is -0.0727. The van der Waals surface area contributed by atoms with Crippen LogP contribution in [0, 0.1) is 13.8 Å². The Morgan fingerprint density at radius 2 is 2.24 bits per heavy atom. The molecule has 0 spiro atoms. The van der Waals surface area contributed by atoms with Crippen molar-refractivity contribution >= 4 is 17.7 Å². The molecule has 0 aliphatic heterocycles. The Morgan fingerprint density at radius 3 is 2.82 bits per heavy atom. The molecule has 1 amide bonds. The molecular weight excluding hydrogens is 238 g/mol. The number of amides is 1. The number of aliphatic hydroxyl groups is 1. The topological polar surface area (TPSA) is 78.0 Å². The van der Waals surface area contributed by atoms with Crippen molar-refractivity contribution in [3.8, 4) is 0 Å². The van der Waals surface area contributed by atoms with Crippen molar-refractivity contribution in [3.05, 3.63) is 17.0 Å². The van der Waals surface area contributed by atoms with Crippen molar-refractivity contribution < 1.29 is 9.90 Å². The molecule has 1 heterocycles. The van der Waals surface area contributed by atoms with Crippen LogP contribution in [-0.4, -0.2) is 45.9 Å². The van der Waals surface area contributed by atoms with E-state index in [1.165, 1.54) is 0 Å². The first-order chi connectivity index (χ1) is 8.16. The van der Waals surface area contributed by atoms with Gasteiger partial charge in [-0.2, -0.15) is 16.9 Å². The maximum Gasteiger partial charge on any atom is 0.255 e. The molecule has 1 aromatic rings. The smallest absolute Gasteiger partial charge is 0.255 e. The summed E-state index contributed by atoms with van der Waals surface area (Å²) < 4.78 is 0. The quantitative estimate of drug-likeness (QED) is 0.633. The van der Waals surface area contributed by atoms with Crippen molar-refractivity contribution in [1.29, 1.82) is 0 Å². The maximum absolute atomic E-state index is 11.8. The second-order valence-electron chi connectivity index (χ2n) is 3.75. The summed E-state index contributed by atoms with van der Waals surface area (Å²) in [7, 11) is 0. The summed E-state index contributed by atoms with van der Waals surface area (Å²) in [5.41, 5.74) is 2.17. The Balaban J connectivity index is 2.26. The van der Waals surface area contributed by atoms with Gasteiger partial charge in [0.15, 0.2) is 0 Å². The summed E-state index contributed by atoms with van der Waals surface area (Å²) in [6.07, 6.45) is 0.804. The van der Waals surface area contributed by atoms with Crippen molar-refractivity contribution in [3.63, 3.8) is 0 Å². The van der Waals surface area contributed by atoms with Gasteiger partial charge < -0.3 is 10.4 Å². The standard InChI is InChI=1S/C11H19N3O2S/c1-8-10(9(2)14-13-8)11(16)12-4-7-17-6-3-5-15/h15H,3-7H2,1-2H3,(H,12,16)(H,13,14). The summed E-state index contributed by atoms with van der Waals surface area (Å²) in [5.74, 6) is 1.72. The molecule has 0 fully saturated rings. The zero-order valence-electron chi connectivity index (χ0n) is 10.2. The summed E-state index contributed by atoms with van der Waals surface area (Å²) in [5, 5.41) is 18.2. The number of aliphatic hydroxyl groups excluding tert-OH is 1. The number of thioether (sulfide) groups is 1. The van der Waals surface area contributed by atoms with Gasteiger partial charge in [0, 0.05) is 24.6 Å². The number of aryl methyl sites for hydroxylation is 2. The van der Waals surface area contributed by atoms with Crippen molar-refractivity contribution in [2.24, 2.45) is 0 Å². The normalized spacial score (nSPS) is 10.5. The second-order valence-corrected chi connectivity index (χ2v) is 4.98. The Bertz CT molecular complexity index is 346. The fourth-order valence-corrected chi connectivity index (χ4v) is 2.26. The molecule has 5 nitrogen and oxygen atoms in total. The van der Waals surface area contributed by atoms with Crippen LogP contribution in [-0.2, 0) is 0 Å². The third-order valence-corrected chi connectivity index (χ3v) is 3.40. The average Bonchev–Trinajstić information content (AvgIpc) is 2.63. The predicted octanol–water partition coefficient (Wildman–Crippen LogP) is 0.872. The zero-order valence-corrected chi connectivity index (χ0v) is 11.1. The van der Waals surface area contributed by atoms with Gasteiger partial charge in [0.1, 0.15) is 0 Å². The monoisotopic (exact) mass is 257 g/mol. The summed E-state index contributed by atoms with van der Waals surface area (Å²) in [4.78, 5) is 11.8. The fraction of sp³-hybridized carbons (Fsp3) is 0.636. The molecule has 0 saturated heterocycles. The largest absolute Gasteiger partial charge is 0.396 e. The lowest BCUT2D eigenvalue weighted by molar-refractivity contribution is 0.0955. The molecule has 0 radical (unpaired) electrons. The molecule has 17 heavy (non-hydrogen) atoms. The number of carbonyl (C=O) groups is 1. The zero-order chi connectivity index (χ0) is 12.7. The van der Waals surface area contributed by atoms with E-state index in [-0.39, 0.29) is 12.5 Å². The minimum absolute atomic E-state index is 0.0727. The second kappa shape index (κ2) is 7.34. The van der Waals surface area contributed by atoms with Crippen molar-refractivity contribution in [2.45, 2.75) is 20.3 Å². The van der Waals surface area contributed by atoms with Gasteiger partial charge >= 0.3 is 0 Å². The van der Waals surface area contributed by atoms with Crippen LogP contribution in [0.1, 0.15) is 28.2 Å². The highest BCUT2D eigenvalue weighted by molar-refractivity contribution is 7.99. The Hall–Kier alpha value is -1.01. The molecule has 0 saturated carbocycles. The molecule has 6 heteroatoms. The van der Waals surface area contributed by atoms with Crippen LogP contribution in [0.4, 0.5) is 0 Å². The molecule has 1 rings (SSSR count). The highest BCUT2D eigenvalue weighted by Gasteiger charge is 2.14. The van der Waals surface area contributed by atoms with E-state index in [9.17, 15) is 4.79 Å². The third-order valence-electron chi connectivity index (χ3n) is 2.33. The third kappa shape index (κ3) is 4.40. The number of rotatable bonds is 7. The number of nitrogens with zero attached hydrogens (tertiary/aromatic N) is 1. The van der Waals surface area contributed by atoms with Crippen molar-refractivity contribution in [1.82, 2.24) is 15.5 Å². The van der Waals surface area contributed by atoms with Gasteiger partial charge in [0.2, 0.25) is 0 Å².